The molecule has 2 rings (SSSR count). The number of fused-ring (bicyclic) bond motifs is 1. The Hall–Kier alpha value is -1.87. The van der Waals surface area contributed by atoms with Crippen molar-refractivity contribution in [1.29, 1.82) is 0 Å². The van der Waals surface area contributed by atoms with E-state index in [4.69, 9.17) is 13.1 Å². The second-order valence-electron chi connectivity index (χ2n) is 4.96. The molecular weight excluding hydrogens is 224 g/mol. The van der Waals surface area contributed by atoms with Gasteiger partial charge in [-0.25, -0.2) is 22.8 Å². The van der Waals surface area contributed by atoms with E-state index in [-0.39, 0.29) is 17.6 Å². The first-order chi connectivity index (χ1) is 8.66. The van der Waals surface area contributed by atoms with Gasteiger partial charge in [0.1, 0.15) is 17.8 Å². The summed E-state index contributed by atoms with van der Waals surface area (Å²) in [5.41, 5.74) is -0.199. The van der Waals surface area contributed by atoms with Gasteiger partial charge in [-0.2, -0.15) is 0 Å². The van der Waals surface area contributed by atoms with Gasteiger partial charge in [-0.05, 0) is 12.3 Å². The molecule has 2 atom stereocenters. The lowest BCUT2D eigenvalue weighted by atomic mass is 9.74. The zero-order valence-electron chi connectivity index (χ0n) is 10.5. The standard InChI is InChI=1S/C15H16N2O/c1-4-11-6-5-9-15(16-2,17-3)14-8-7-12(18)10-13(11)14/h5-6,8,11,13H,4,7,9-10H2,1H3/t11-,13+/m1/s1. The lowest BCUT2D eigenvalue weighted by Gasteiger charge is -2.27. The molecule has 0 unspecified atom stereocenters. The van der Waals surface area contributed by atoms with Crippen molar-refractivity contribution >= 4 is 5.78 Å². The average molecular weight is 240 g/mol. The molecule has 3 heteroatoms. The third-order valence-corrected chi connectivity index (χ3v) is 4.00. The molecule has 0 N–H and O–H groups in total. The summed E-state index contributed by atoms with van der Waals surface area (Å²) in [5, 5.41) is 0. The molecule has 0 heterocycles. The maximum Gasteiger partial charge on any atom is 0.509 e. The Kier molecular flexibility index (Phi) is 3.34. The lowest BCUT2D eigenvalue weighted by molar-refractivity contribution is -0.119. The molecule has 3 nitrogen and oxygen atoms in total. The van der Waals surface area contributed by atoms with Crippen molar-refractivity contribution < 1.29 is 4.79 Å². The number of nitrogens with zero attached hydrogens (tertiary/aromatic N) is 2. The van der Waals surface area contributed by atoms with Gasteiger partial charge in [-0.1, -0.05) is 25.2 Å². The summed E-state index contributed by atoms with van der Waals surface area (Å²) in [7, 11) is 0. The fourth-order valence-corrected chi connectivity index (χ4v) is 2.98. The molecule has 92 valence electrons. The predicted octanol–water partition coefficient (Wildman–Crippen LogP) is 3.41. The van der Waals surface area contributed by atoms with Crippen molar-refractivity contribution in [1.82, 2.24) is 0 Å². The molecule has 0 radical (unpaired) electrons. The number of Topliss-reactive ketones (excluding diaryl/α,β-unsaturated/α-hetero) is 1. The molecule has 0 aromatic rings. The van der Waals surface area contributed by atoms with E-state index in [9.17, 15) is 4.79 Å². The first-order valence-electron chi connectivity index (χ1n) is 6.33. The molecule has 0 aliphatic heterocycles. The SMILES string of the molecule is [C-]#[N+]C1([N+]#[C-])CC=C[C@@H](CC)[C@@H]2CC(=O)CC=C21. The maximum atomic E-state index is 11.7. The van der Waals surface area contributed by atoms with Gasteiger partial charge in [0.05, 0.1) is 0 Å². The number of hydrogen-bond donors (Lipinski definition) is 0. The van der Waals surface area contributed by atoms with E-state index >= 15 is 0 Å². The van der Waals surface area contributed by atoms with E-state index < -0.39 is 5.66 Å². The minimum absolute atomic E-state index is 0.0539. The molecule has 0 saturated heterocycles. The Bertz CT molecular complexity index is 488. The van der Waals surface area contributed by atoms with Crippen LogP contribution in [0.3, 0.4) is 0 Å². The molecule has 0 aromatic carbocycles. The van der Waals surface area contributed by atoms with E-state index in [1.54, 1.807) is 0 Å². The van der Waals surface area contributed by atoms with Gasteiger partial charge in [0.25, 0.3) is 0 Å². The second-order valence-corrected chi connectivity index (χ2v) is 4.96. The summed E-state index contributed by atoms with van der Waals surface area (Å²) < 4.78 is 0. The summed E-state index contributed by atoms with van der Waals surface area (Å²) in [4.78, 5) is 18.9. The summed E-state index contributed by atoms with van der Waals surface area (Å²) in [6, 6.07) is 0. The molecule has 0 amide bonds. The van der Waals surface area contributed by atoms with Crippen LogP contribution < -0.4 is 0 Å². The fourth-order valence-electron chi connectivity index (χ4n) is 2.98. The molecule has 2 aliphatic rings. The van der Waals surface area contributed by atoms with Crippen molar-refractivity contribution in [3.8, 4) is 0 Å². The smallest absolute Gasteiger partial charge is 0.299 e. The summed E-state index contributed by atoms with van der Waals surface area (Å²) in [6.45, 7) is 16.9. The number of allylic oxidation sites excluding steroid dienone is 2. The van der Waals surface area contributed by atoms with Crippen molar-refractivity contribution in [3.05, 3.63) is 46.6 Å². The number of rotatable bonds is 1. The summed E-state index contributed by atoms with van der Waals surface area (Å²) >= 11 is 0. The van der Waals surface area contributed by atoms with Crippen LogP contribution in [0.25, 0.3) is 9.69 Å². The Morgan fingerprint density at radius 2 is 2.17 bits per heavy atom. The van der Waals surface area contributed by atoms with E-state index in [2.05, 4.69) is 22.7 Å². The Morgan fingerprint density at radius 1 is 1.44 bits per heavy atom. The van der Waals surface area contributed by atoms with Gasteiger partial charge in [0.15, 0.2) is 0 Å². The van der Waals surface area contributed by atoms with E-state index in [1.807, 2.05) is 12.2 Å². The molecule has 0 saturated carbocycles. The summed E-state index contributed by atoms with van der Waals surface area (Å²) in [6.07, 6.45) is 8.16. The van der Waals surface area contributed by atoms with Crippen LogP contribution in [0.5, 0.6) is 0 Å². The van der Waals surface area contributed by atoms with Crippen molar-refractivity contribution in [2.24, 2.45) is 11.8 Å². The highest BCUT2D eigenvalue weighted by molar-refractivity contribution is 5.82. The van der Waals surface area contributed by atoms with Gasteiger partial charge < -0.3 is 0 Å². The van der Waals surface area contributed by atoms with Crippen LogP contribution in [-0.4, -0.2) is 11.4 Å². The zero-order chi connectivity index (χ0) is 13.2. The van der Waals surface area contributed by atoms with E-state index in [0.29, 0.717) is 19.3 Å². The number of ketones is 1. The van der Waals surface area contributed by atoms with Gasteiger partial charge in [0, 0.05) is 18.8 Å². The monoisotopic (exact) mass is 240 g/mol. The molecule has 0 bridgehead atoms. The highest BCUT2D eigenvalue weighted by Crippen LogP contribution is 2.44. The molecule has 18 heavy (non-hydrogen) atoms. The van der Waals surface area contributed by atoms with Crippen molar-refractivity contribution in [2.75, 3.05) is 0 Å². The Labute approximate surface area is 108 Å². The van der Waals surface area contributed by atoms with Gasteiger partial charge >= 0.3 is 5.66 Å². The highest BCUT2D eigenvalue weighted by atomic mass is 16.1. The molecule has 0 spiro atoms. The molecular formula is C15H16N2O. The van der Waals surface area contributed by atoms with E-state index in [1.165, 1.54) is 0 Å². The normalized spacial score (nSPS) is 29.5. The minimum Gasteiger partial charge on any atom is -0.299 e. The molecule has 0 fully saturated rings. The summed E-state index contributed by atoms with van der Waals surface area (Å²) in [5.74, 6) is 0.561. The Morgan fingerprint density at radius 3 is 2.78 bits per heavy atom. The van der Waals surface area contributed by atoms with Crippen molar-refractivity contribution in [3.63, 3.8) is 0 Å². The van der Waals surface area contributed by atoms with Crippen molar-refractivity contribution in [2.45, 2.75) is 38.3 Å². The number of carbonyl (C=O) groups excluding carboxylic acids is 1. The van der Waals surface area contributed by atoms with Crippen LogP contribution in [0.4, 0.5) is 0 Å². The topological polar surface area (TPSA) is 25.8 Å². The van der Waals surface area contributed by atoms with Gasteiger partial charge in [-0.15, -0.1) is 0 Å². The third kappa shape index (κ3) is 1.87. The minimum atomic E-state index is -1.09. The Balaban J connectivity index is 2.52. The van der Waals surface area contributed by atoms with Crippen LogP contribution in [0, 0.1) is 25.0 Å². The van der Waals surface area contributed by atoms with Gasteiger partial charge in [-0.3, -0.25) is 4.79 Å². The predicted molar refractivity (Wildman–Crippen MR) is 69.3 cm³/mol. The lowest BCUT2D eigenvalue weighted by Crippen LogP contribution is -2.32. The van der Waals surface area contributed by atoms with Gasteiger partial charge in [0.2, 0.25) is 0 Å². The molecule has 0 aromatic heterocycles. The number of hydrogen-bond acceptors (Lipinski definition) is 1. The number of carbonyl (C=O) groups is 1. The van der Waals surface area contributed by atoms with Crippen LogP contribution in [0.15, 0.2) is 23.8 Å². The van der Waals surface area contributed by atoms with Crippen LogP contribution in [0.2, 0.25) is 0 Å². The van der Waals surface area contributed by atoms with Crippen LogP contribution in [-0.2, 0) is 4.79 Å². The first-order valence-corrected chi connectivity index (χ1v) is 6.33. The molecule has 2 aliphatic carbocycles. The van der Waals surface area contributed by atoms with Crippen LogP contribution in [0.1, 0.15) is 32.6 Å². The third-order valence-electron chi connectivity index (χ3n) is 4.00. The van der Waals surface area contributed by atoms with E-state index in [0.717, 1.165) is 12.0 Å². The fraction of sp³-hybridized carbons (Fsp3) is 0.533. The second kappa shape index (κ2) is 4.78. The average Bonchev–Trinajstić information content (AvgIpc) is 2.55. The quantitative estimate of drug-likeness (QED) is 0.509. The zero-order valence-corrected chi connectivity index (χ0v) is 10.5. The maximum absolute atomic E-state index is 11.7. The largest absolute Gasteiger partial charge is 0.509 e. The first kappa shape index (κ1) is 12.6. The van der Waals surface area contributed by atoms with Crippen LogP contribution >= 0.6 is 0 Å². The highest BCUT2D eigenvalue weighted by Gasteiger charge is 2.53.